The number of hydrogen-bond donors (Lipinski definition) is 0. The van der Waals surface area contributed by atoms with Crippen molar-refractivity contribution in [2.45, 2.75) is 6.42 Å². The van der Waals surface area contributed by atoms with Crippen molar-refractivity contribution in [3.05, 3.63) is 52.9 Å². The average molecular weight is 290 g/mol. The molecule has 0 aliphatic rings. The number of hydrogen-bond acceptors (Lipinski definition) is 2. The molecule has 0 aliphatic carbocycles. The highest BCUT2D eigenvalue weighted by molar-refractivity contribution is 5.97. The van der Waals surface area contributed by atoms with Gasteiger partial charge < -0.3 is 4.57 Å². The number of carbonyl (C=O) groups excluding carboxylic acids is 1. The first kappa shape index (κ1) is 14.2. The molecule has 1 heterocycles. The first-order chi connectivity index (χ1) is 9.34. The molecule has 0 unspecified atom stereocenters. The summed E-state index contributed by atoms with van der Waals surface area (Å²) in [7, 11) is 1.52. The molecule has 1 aromatic carbocycles. The quantitative estimate of drug-likeness (QED) is 0.377. The maximum absolute atomic E-state index is 13.4. The van der Waals surface area contributed by atoms with Crippen molar-refractivity contribution in [2.75, 3.05) is 0 Å². The van der Waals surface area contributed by atoms with Crippen LogP contribution in [0.1, 0.15) is 16.2 Å². The fourth-order valence-corrected chi connectivity index (χ4v) is 1.65. The third kappa shape index (κ3) is 2.17. The van der Waals surface area contributed by atoms with Gasteiger partial charge in [-0.3, -0.25) is 4.79 Å². The standard InChI is InChI=1S/C12H7F5N2O/c1-19-3-2-18-6(19)4-5(20)7-8(13)10(15)12(17)11(16)9(7)14/h2-3H,4H2,1H3. The molecule has 2 aromatic rings. The second-order valence-corrected chi connectivity index (χ2v) is 4.00. The molecule has 0 spiro atoms. The van der Waals surface area contributed by atoms with Crippen LogP contribution in [0, 0.1) is 29.1 Å². The first-order valence-corrected chi connectivity index (χ1v) is 5.35. The van der Waals surface area contributed by atoms with Crippen LogP contribution < -0.4 is 0 Å². The van der Waals surface area contributed by atoms with Gasteiger partial charge in [0.15, 0.2) is 29.1 Å². The molecule has 0 atom stereocenters. The van der Waals surface area contributed by atoms with E-state index in [9.17, 15) is 26.7 Å². The molecular formula is C12H7F5N2O. The predicted molar refractivity (Wildman–Crippen MR) is 57.5 cm³/mol. The molecule has 0 N–H and O–H groups in total. The topological polar surface area (TPSA) is 34.9 Å². The molecule has 20 heavy (non-hydrogen) atoms. The van der Waals surface area contributed by atoms with Gasteiger partial charge in [-0.05, 0) is 0 Å². The molecule has 3 nitrogen and oxygen atoms in total. The van der Waals surface area contributed by atoms with Crippen LogP contribution in [0.3, 0.4) is 0 Å². The van der Waals surface area contributed by atoms with Crippen molar-refractivity contribution in [3.63, 3.8) is 0 Å². The number of aromatic nitrogens is 2. The van der Waals surface area contributed by atoms with Gasteiger partial charge in [0, 0.05) is 19.4 Å². The molecule has 8 heteroatoms. The van der Waals surface area contributed by atoms with Gasteiger partial charge in [-0.15, -0.1) is 0 Å². The summed E-state index contributed by atoms with van der Waals surface area (Å²) in [5.74, 6) is -12.0. The number of ketones is 1. The highest BCUT2D eigenvalue weighted by Gasteiger charge is 2.29. The zero-order valence-electron chi connectivity index (χ0n) is 10.1. The van der Waals surface area contributed by atoms with E-state index in [1.807, 2.05) is 0 Å². The number of halogens is 5. The second kappa shape index (κ2) is 5.03. The molecule has 0 fully saturated rings. The van der Waals surface area contributed by atoms with Gasteiger partial charge in [-0.25, -0.2) is 26.9 Å². The fraction of sp³-hybridized carbons (Fsp3) is 0.167. The van der Waals surface area contributed by atoms with Crippen molar-refractivity contribution in [2.24, 2.45) is 7.05 Å². The lowest BCUT2D eigenvalue weighted by molar-refractivity contribution is 0.0978. The lowest BCUT2D eigenvalue weighted by Crippen LogP contribution is -2.16. The number of rotatable bonds is 3. The zero-order valence-corrected chi connectivity index (χ0v) is 10.1. The van der Waals surface area contributed by atoms with Crippen LogP contribution in [0.25, 0.3) is 0 Å². The predicted octanol–water partition coefficient (Wildman–Crippen LogP) is 2.54. The second-order valence-electron chi connectivity index (χ2n) is 4.00. The lowest BCUT2D eigenvalue weighted by atomic mass is 10.1. The molecule has 1 aromatic heterocycles. The van der Waals surface area contributed by atoms with Crippen LogP contribution in [-0.4, -0.2) is 15.3 Å². The van der Waals surface area contributed by atoms with Gasteiger partial charge in [0.1, 0.15) is 5.82 Å². The Morgan fingerprint density at radius 1 is 1.05 bits per heavy atom. The monoisotopic (exact) mass is 290 g/mol. The molecular weight excluding hydrogens is 283 g/mol. The number of carbonyl (C=O) groups is 1. The summed E-state index contributed by atoms with van der Waals surface area (Å²) in [6, 6.07) is 0. The van der Waals surface area contributed by atoms with E-state index in [4.69, 9.17) is 0 Å². The molecule has 0 saturated carbocycles. The van der Waals surface area contributed by atoms with Gasteiger partial charge in [0.05, 0.1) is 12.0 Å². The van der Waals surface area contributed by atoms with E-state index < -0.39 is 46.9 Å². The largest absolute Gasteiger partial charge is 0.338 e. The minimum absolute atomic E-state index is 0.138. The summed E-state index contributed by atoms with van der Waals surface area (Å²) < 4.78 is 67.0. The summed E-state index contributed by atoms with van der Waals surface area (Å²) in [6.07, 6.45) is 2.23. The molecule has 0 saturated heterocycles. The Hall–Kier alpha value is -2.25. The normalized spacial score (nSPS) is 10.9. The third-order valence-electron chi connectivity index (χ3n) is 2.73. The molecule has 106 valence electrons. The maximum Gasteiger partial charge on any atom is 0.200 e. The Morgan fingerprint density at radius 2 is 1.55 bits per heavy atom. The minimum Gasteiger partial charge on any atom is -0.338 e. The van der Waals surface area contributed by atoms with Gasteiger partial charge in [-0.2, -0.15) is 0 Å². The van der Waals surface area contributed by atoms with Crippen LogP contribution in [0.4, 0.5) is 22.0 Å². The number of Topliss-reactive ketones (excluding diaryl/α,β-unsaturated/α-hetero) is 1. The van der Waals surface area contributed by atoms with E-state index in [2.05, 4.69) is 4.98 Å². The summed E-state index contributed by atoms with van der Waals surface area (Å²) in [5, 5.41) is 0. The average Bonchev–Trinajstić information content (AvgIpc) is 2.80. The van der Waals surface area contributed by atoms with Crippen molar-refractivity contribution >= 4 is 5.78 Å². The summed E-state index contributed by atoms with van der Waals surface area (Å²) in [6.45, 7) is 0. The summed E-state index contributed by atoms with van der Waals surface area (Å²) >= 11 is 0. The van der Waals surface area contributed by atoms with Crippen LogP contribution in [0.5, 0.6) is 0 Å². The molecule has 0 aliphatic heterocycles. The number of benzene rings is 1. The summed E-state index contributed by atoms with van der Waals surface area (Å²) in [5.41, 5.74) is -1.45. The number of imidazole rings is 1. The van der Waals surface area contributed by atoms with E-state index in [1.165, 1.54) is 24.0 Å². The summed E-state index contributed by atoms with van der Waals surface area (Å²) in [4.78, 5) is 15.5. The molecule has 0 amide bonds. The maximum atomic E-state index is 13.4. The highest BCUT2D eigenvalue weighted by Crippen LogP contribution is 2.24. The van der Waals surface area contributed by atoms with Crippen LogP contribution in [0.15, 0.2) is 12.4 Å². The number of aryl methyl sites for hydroxylation is 1. The van der Waals surface area contributed by atoms with Gasteiger partial charge in [-0.1, -0.05) is 0 Å². The fourth-order valence-electron chi connectivity index (χ4n) is 1.65. The molecule has 0 bridgehead atoms. The molecule has 2 rings (SSSR count). The zero-order chi connectivity index (χ0) is 15.0. The Kier molecular flexibility index (Phi) is 3.56. The van der Waals surface area contributed by atoms with Crippen molar-refractivity contribution < 1.29 is 26.7 Å². The van der Waals surface area contributed by atoms with Gasteiger partial charge in [0.25, 0.3) is 0 Å². The smallest absolute Gasteiger partial charge is 0.200 e. The van der Waals surface area contributed by atoms with E-state index in [1.54, 1.807) is 0 Å². The van der Waals surface area contributed by atoms with E-state index in [0.29, 0.717) is 0 Å². The van der Waals surface area contributed by atoms with E-state index >= 15 is 0 Å². The lowest BCUT2D eigenvalue weighted by Gasteiger charge is -2.07. The minimum atomic E-state index is -2.30. The molecule has 0 radical (unpaired) electrons. The Balaban J connectivity index is 2.48. The Bertz CT molecular complexity index is 666. The van der Waals surface area contributed by atoms with Crippen molar-refractivity contribution in [1.29, 1.82) is 0 Å². The van der Waals surface area contributed by atoms with Crippen molar-refractivity contribution in [1.82, 2.24) is 9.55 Å². The SMILES string of the molecule is Cn1ccnc1CC(=O)c1c(F)c(F)c(F)c(F)c1F. The van der Waals surface area contributed by atoms with Crippen molar-refractivity contribution in [3.8, 4) is 0 Å². The Labute approximate surface area is 109 Å². The van der Waals surface area contributed by atoms with Crippen LogP contribution in [-0.2, 0) is 13.5 Å². The van der Waals surface area contributed by atoms with Crippen LogP contribution in [0.2, 0.25) is 0 Å². The highest BCUT2D eigenvalue weighted by atomic mass is 19.2. The first-order valence-electron chi connectivity index (χ1n) is 5.35. The van der Waals surface area contributed by atoms with Crippen LogP contribution >= 0.6 is 0 Å². The van der Waals surface area contributed by atoms with E-state index in [-0.39, 0.29) is 5.82 Å². The third-order valence-corrected chi connectivity index (χ3v) is 2.73. The van der Waals surface area contributed by atoms with Gasteiger partial charge in [0.2, 0.25) is 5.82 Å². The number of nitrogens with zero attached hydrogens (tertiary/aromatic N) is 2. The van der Waals surface area contributed by atoms with Gasteiger partial charge >= 0.3 is 0 Å². The Morgan fingerprint density at radius 3 is 2.00 bits per heavy atom. The van der Waals surface area contributed by atoms with E-state index in [0.717, 1.165) is 0 Å².